The third kappa shape index (κ3) is 11.9. The standard InChI is InChI=1S/C13H25NO3S/c1-3-13(9-5-4-7-11-14)10-6-8-12-17-18(2,15)16/h13H,3-5,7,9-12,14H2,1-2H3. The maximum absolute atomic E-state index is 10.7. The van der Waals surface area contributed by atoms with Gasteiger partial charge in [-0.3, -0.25) is 4.18 Å². The van der Waals surface area contributed by atoms with Gasteiger partial charge in [0.05, 0.1) is 6.26 Å². The van der Waals surface area contributed by atoms with Crippen molar-refractivity contribution < 1.29 is 12.6 Å². The topological polar surface area (TPSA) is 69.4 Å². The predicted molar refractivity (Wildman–Crippen MR) is 74.5 cm³/mol. The number of hydrogen-bond donors (Lipinski definition) is 1. The molecule has 0 saturated heterocycles. The first kappa shape index (κ1) is 17.4. The van der Waals surface area contributed by atoms with Crippen LogP contribution in [0.3, 0.4) is 0 Å². The Bertz CT molecular complexity index is 354. The van der Waals surface area contributed by atoms with Gasteiger partial charge in [0, 0.05) is 6.42 Å². The van der Waals surface area contributed by atoms with Crippen LogP contribution in [-0.2, 0) is 14.3 Å². The highest BCUT2D eigenvalue weighted by molar-refractivity contribution is 7.85. The molecule has 0 aliphatic carbocycles. The molecule has 1 atom stereocenters. The average molecular weight is 275 g/mol. The normalized spacial score (nSPS) is 12.8. The number of hydrogen-bond acceptors (Lipinski definition) is 4. The summed E-state index contributed by atoms with van der Waals surface area (Å²) in [5.74, 6) is 6.31. The molecule has 106 valence electrons. The van der Waals surface area contributed by atoms with Gasteiger partial charge in [-0.1, -0.05) is 32.1 Å². The first-order chi connectivity index (χ1) is 8.49. The molecular formula is C13H25NO3S. The van der Waals surface area contributed by atoms with E-state index in [2.05, 4.69) is 22.9 Å². The van der Waals surface area contributed by atoms with Crippen LogP contribution in [-0.4, -0.2) is 27.8 Å². The molecule has 0 amide bonds. The Morgan fingerprint density at radius 1 is 1.22 bits per heavy atom. The summed E-state index contributed by atoms with van der Waals surface area (Å²) >= 11 is 0. The zero-order valence-corrected chi connectivity index (χ0v) is 12.3. The van der Waals surface area contributed by atoms with Crippen molar-refractivity contribution in [1.82, 2.24) is 0 Å². The van der Waals surface area contributed by atoms with E-state index >= 15 is 0 Å². The minimum absolute atomic E-state index is 0.0392. The molecule has 0 rings (SSSR count). The molecular weight excluding hydrogens is 250 g/mol. The van der Waals surface area contributed by atoms with Gasteiger partial charge in [0.2, 0.25) is 0 Å². The monoisotopic (exact) mass is 275 g/mol. The van der Waals surface area contributed by atoms with Gasteiger partial charge in [0.25, 0.3) is 10.1 Å². The van der Waals surface area contributed by atoms with E-state index < -0.39 is 10.1 Å². The summed E-state index contributed by atoms with van der Waals surface area (Å²) in [7, 11) is -3.37. The maximum atomic E-state index is 10.7. The lowest BCUT2D eigenvalue weighted by Gasteiger charge is -2.10. The van der Waals surface area contributed by atoms with Crippen molar-refractivity contribution in [1.29, 1.82) is 0 Å². The van der Waals surface area contributed by atoms with E-state index in [4.69, 9.17) is 5.73 Å². The van der Waals surface area contributed by atoms with Crippen LogP contribution in [0.25, 0.3) is 0 Å². The largest absolute Gasteiger partial charge is 0.330 e. The van der Waals surface area contributed by atoms with Crippen LogP contribution in [0, 0.1) is 17.8 Å². The van der Waals surface area contributed by atoms with Gasteiger partial charge in [-0.15, -0.1) is 5.92 Å². The van der Waals surface area contributed by atoms with Crippen LogP contribution >= 0.6 is 0 Å². The smallest absolute Gasteiger partial charge is 0.265 e. The summed E-state index contributed by atoms with van der Waals surface area (Å²) in [5, 5.41) is 0. The van der Waals surface area contributed by atoms with Crippen molar-refractivity contribution in [3.8, 4) is 11.8 Å². The molecule has 0 aliphatic heterocycles. The summed E-state index contributed by atoms with van der Waals surface area (Å²) in [6.45, 7) is 2.88. The van der Waals surface area contributed by atoms with E-state index in [1.165, 1.54) is 12.8 Å². The Kier molecular flexibility index (Phi) is 10.0. The van der Waals surface area contributed by atoms with E-state index in [9.17, 15) is 8.42 Å². The van der Waals surface area contributed by atoms with Crippen molar-refractivity contribution in [3.05, 3.63) is 0 Å². The van der Waals surface area contributed by atoms with Gasteiger partial charge in [0.15, 0.2) is 0 Å². The second-order valence-corrected chi connectivity index (χ2v) is 6.08. The molecule has 0 bridgehead atoms. The highest BCUT2D eigenvalue weighted by atomic mass is 32.2. The minimum Gasteiger partial charge on any atom is -0.330 e. The Hall–Kier alpha value is -0.570. The fraction of sp³-hybridized carbons (Fsp3) is 0.846. The molecule has 0 aliphatic rings. The highest BCUT2D eigenvalue weighted by Crippen LogP contribution is 2.16. The van der Waals surface area contributed by atoms with Gasteiger partial charge in [0.1, 0.15) is 6.61 Å². The fourth-order valence-electron chi connectivity index (χ4n) is 1.61. The molecule has 0 saturated carbocycles. The molecule has 0 aromatic carbocycles. The van der Waals surface area contributed by atoms with Crippen LogP contribution in [0.15, 0.2) is 0 Å². The molecule has 0 heterocycles. The van der Waals surface area contributed by atoms with Gasteiger partial charge in [-0.2, -0.15) is 8.42 Å². The van der Waals surface area contributed by atoms with Gasteiger partial charge < -0.3 is 5.73 Å². The van der Waals surface area contributed by atoms with E-state index in [1.54, 1.807) is 0 Å². The second kappa shape index (κ2) is 10.4. The van der Waals surface area contributed by atoms with Gasteiger partial charge >= 0.3 is 0 Å². The van der Waals surface area contributed by atoms with Crippen LogP contribution in [0.5, 0.6) is 0 Å². The Balaban J connectivity index is 3.76. The van der Waals surface area contributed by atoms with Crippen LogP contribution in [0.2, 0.25) is 0 Å². The van der Waals surface area contributed by atoms with Crippen molar-refractivity contribution in [2.75, 3.05) is 19.4 Å². The lowest BCUT2D eigenvalue weighted by molar-refractivity contribution is 0.367. The summed E-state index contributed by atoms with van der Waals surface area (Å²) in [4.78, 5) is 0. The van der Waals surface area contributed by atoms with Crippen molar-refractivity contribution in [2.45, 2.75) is 45.4 Å². The second-order valence-electron chi connectivity index (χ2n) is 4.44. The van der Waals surface area contributed by atoms with Gasteiger partial charge in [-0.25, -0.2) is 0 Å². The Morgan fingerprint density at radius 2 is 1.94 bits per heavy atom. The highest BCUT2D eigenvalue weighted by Gasteiger charge is 2.04. The minimum atomic E-state index is -3.37. The molecule has 0 radical (unpaired) electrons. The van der Waals surface area contributed by atoms with E-state index in [-0.39, 0.29) is 6.61 Å². The van der Waals surface area contributed by atoms with Gasteiger partial charge in [-0.05, 0) is 25.3 Å². The number of unbranched alkanes of at least 4 members (excludes halogenated alkanes) is 2. The molecule has 2 N–H and O–H groups in total. The zero-order chi connectivity index (χ0) is 13.9. The summed E-state index contributed by atoms with van der Waals surface area (Å²) < 4.78 is 25.9. The Labute approximate surface area is 111 Å². The van der Waals surface area contributed by atoms with Crippen molar-refractivity contribution >= 4 is 10.1 Å². The average Bonchev–Trinajstić information content (AvgIpc) is 2.30. The fourth-order valence-corrected chi connectivity index (χ4v) is 1.88. The summed E-state index contributed by atoms with van der Waals surface area (Å²) in [6, 6.07) is 0. The van der Waals surface area contributed by atoms with Crippen LogP contribution in [0.4, 0.5) is 0 Å². The number of rotatable bonds is 9. The molecule has 5 heteroatoms. The lowest BCUT2D eigenvalue weighted by atomic mass is 9.95. The van der Waals surface area contributed by atoms with E-state index in [0.29, 0.717) is 5.92 Å². The predicted octanol–water partition coefficient (Wildman–Crippen LogP) is 1.90. The molecule has 0 aromatic heterocycles. The van der Waals surface area contributed by atoms with Crippen molar-refractivity contribution in [2.24, 2.45) is 11.7 Å². The first-order valence-electron chi connectivity index (χ1n) is 6.49. The maximum Gasteiger partial charge on any atom is 0.265 e. The van der Waals surface area contributed by atoms with Crippen LogP contribution < -0.4 is 5.73 Å². The Morgan fingerprint density at radius 3 is 2.50 bits per heavy atom. The summed E-state index contributed by atoms with van der Waals surface area (Å²) in [5.41, 5.74) is 5.44. The molecule has 0 aromatic rings. The molecule has 18 heavy (non-hydrogen) atoms. The lowest BCUT2D eigenvalue weighted by Crippen LogP contribution is -2.03. The molecule has 4 nitrogen and oxygen atoms in total. The molecule has 0 fully saturated rings. The zero-order valence-electron chi connectivity index (χ0n) is 11.4. The van der Waals surface area contributed by atoms with Crippen LogP contribution in [0.1, 0.15) is 45.4 Å². The quantitative estimate of drug-likeness (QED) is 0.396. The van der Waals surface area contributed by atoms with E-state index in [0.717, 1.165) is 38.5 Å². The molecule has 0 spiro atoms. The third-order valence-electron chi connectivity index (χ3n) is 2.75. The molecule has 1 unspecified atom stereocenters. The third-order valence-corrected chi connectivity index (χ3v) is 3.30. The van der Waals surface area contributed by atoms with Crippen molar-refractivity contribution in [3.63, 3.8) is 0 Å². The summed E-state index contributed by atoms with van der Waals surface area (Å²) in [6.07, 6.45) is 7.56. The van der Waals surface area contributed by atoms with E-state index in [1.807, 2.05) is 0 Å². The number of nitrogens with two attached hydrogens (primary N) is 1. The SMILES string of the molecule is CCC(CC#CCOS(C)(=O)=O)CCCCCN. The first-order valence-corrected chi connectivity index (χ1v) is 8.31.